The van der Waals surface area contributed by atoms with Gasteiger partial charge in [0.2, 0.25) is 0 Å². The van der Waals surface area contributed by atoms with Crippen LogP contribution in [0.15, 0.2) is 22.5 Å². The van der Waals surface area contributed by atoms with E-state index >= 15 is 0 Å². The van der Waals surface area contributed by atoms with Gasteiger partial charge in [0.1, 0.15) is 0 Å². The van der Waals surface area contributed by atoms with Crippen LogP contribution >= 0.6 is 11.3 Å². The number of hydrogen-bond acceptors (Lipinski definition) is 2. The average molecular weight is 245 g/mol. The first-order valence-corrected chi connectivity index (χ1v) is 7.78. The van der Waals surface area contributed by atoms with E-state index in [4.69, 9.17) is 4.99 Å². The molecule has 0 radical (unpaired) electrons. The van der Waals surface area contributed by atoms with Gasteiger partial charge in [-0.2, -0.15) is 0 Å². The molecule has 1 heterocycles. The van der Waals surface area contributed by atoms with Gasteiger partial charge >= 0.3 is 0 Å². The van der Waals surface area contributed by atoms with E-state index in [0.29, 0.717) is 5.54 Å². The molecule has 1 nitrogen and oxygen atoms in total. The van der Waals surface area contributed by atoms with Crippen molar-refractivity contribution in [1.29, 1.82) is 0 Å². The van der Waals surface area contributed by atoms with Gasteiger partial charge in [0.05, 0.1) is 5.54 Å². The van der Waals surface area contributed by atoms with Gasteiger partial charge in [0.25, 0.3) is 0 Å². The number of rotatable bonds is 2. The first kappa shape index (κ1) is 10.3. The highest BCUT2D eigenvalue weighted by Gasteiger charge is 2.50. The molecule has 0 saturated heterocycles. The lowest BCUT2D eigenvalue weighted by atomic mass is 9.53. The Morgan fingerprint density at radius 1 is 1.12 bits per heavy atom. The van der Waals surface area contributed by atoms with E-state index in [1.807, 2.05) is 0 Å². The Morgan fingerprint density at radius 2 is 1.76 bits per heavy atom. The van der Waals surface area contributed by atoms with Gasteiger partial charge in [-0.05, 0) is 67.7 Å². The van der Waals surface area contributed by atoms with Crippen LogP contribution < -0.4 is 0 Å². The second-order valence-corrected chi connectivity index (χ2v) is 7.39. The molecule has 17 heavy (non-hydrogen) atoms. The van der Waals surface area contributed by atoms with Gasteiger partial charge in [-0.3, -0.25) is 4.99 Å². The molecule has 1 aromatic heterocycles. The number of aliphatic imine (C=N–C) groups is 1. The average Bonchev–Trinajstić information content (AvgIpc) is 2.77. The number of hydrogen-bond donors (Lipinski definition) is 0. The number of thiophene rings is 1. The fraction of sp³-hybridized carbons (Fsp3) is 0.667. The third kappa shape index (κ3) is 1.77. The van der Waals surface area contributed by atoms with Crippen LogP contribution in [0.25, 0.3) is 0 Å². The first-order chi connectivity index (χ1) is 8.31. The Balaban J connectivity index is 1.60. The Bertz CT molecular complexity index is 396. The molecule has 4 saturated carbocycles. The van der Waals surface area contributed by atoms with E-state index in [9.17, 15) is 0 Å². The van der Waals surface area contributed by atoms with Gasteiger partial charge in [-0.25, -0.2) is 0 Å². The second kappa shape index (κ2) is 3.68. The van der Waals surface area contributed by atoms with Crippen LogP contribution in [0.1, 0.15) is 43.4 Å². The highest BCUT2D eigenvalue weighted by molar-refractivity contribution is 7.11. The molecule has 0 atom stereocenters. The van der Waals surface area contributed by atoms with Crippen molar-refractivity contribution < 1.29 is 0 Å². The quantitative estimate of drug-likeness (QED) is 0.695. The lowest BCUT2D eigenvalue weighted by Crippen LogP contribution is -2.49. The van der Waals surface area contributed by atoms with Crippen molar-refractivity contribution in [2.45, 2.75) is 44.1 Å². The maximum absolute atomic E-state index is 5.04. The highest BCUT2D eigenvalue weighted by Crippen LogP contribution is 2.57. The smallest absolute Gasteiger partial charge is 0.0616 e. The second-order valence-electron chi connectivity index (χ2n) is 6.42. The Labute approximate surface area is 107 Å². The summed E-state index contributed by atoms with van der Waals surface area (Å²) in [5.74, 6) is 3.00. The molecule has 2 heteroatoms. The van der Waals surface area contributed by atoms with Crippen molar-refractivity contribution in [1.82, 2.24) is 0 Å². The summed E-state index contributed by atoms with van der Waals surface area (Å²) in [5.41, 5.74) is 0.346. The molecule has 4 aliphatic carbocycles. The lowest BCUT2D eigenvalue weighted by Gasteiger charge is -2.54. The molecule has 0 amide bonds. The van der Waals surface area contributed by atoms with Crippen molar-refractivity contribution >= 4 is 17.6 Å². The monoisotopic (exact) mass is 245 g/mol. The predicted molar refractivity (Wildman–Crippen MR) is 72.8 cm³/mol. The minimum Gasteiger partial charge on any atom is -0.285 e. The first-order valence-electron chi connectivity index (χ1n) is 6.90. The van der Waals surface area contributed by atoms with Crippen LogP contribution in [-0.4, -0.2) is 11.8 Å². The zero-order valence-electron chi connectivity index (χ0n) is 10.1. The van der Waals surface area contributed by atoms with E-state index in [-0.39, 0.29) is 0 Å². The maximum Gasteiger partial charge on any atom is 0.0616 e. The van der Waals surface area contributed by atoms with E-state index in [1.54, 1.807) is 11.3 Å². The molecule has 90 valence electrons. The maximum atomic E-state index is 5.04. The minimum atomic E-state index is 0.346. The standard InChI is InChI=1S/C15H19NS/c1-2-14(17-3-1)10-16-15-7-11-4-12(8-15)6-13(5-11)9-15/h1-3,10-13H,4-9H2. The van der Waals surface area contributed by atoms with Gasteiger partial charge in [0, 0.05) is 11.1 Å². The van der Waals surface area contributed by atoms with Crippen LogP contribution in [0, 0.1) is 17.8 Å². The van der Waals surface area contributed by atoms with Crippen LogP contribution in [-0.2, 0) is 0 Å². The molecule has 0 N–H and O–H groups in total. The third-order valence-corrected chi connectivity index (χ3v) is 5.82. The largest absolute Gasteiger partial charge is 0.285 e. The Kier molecular flexibility index (Phi) is 2.23. The number of nitrogens with zero attached hydrogens (tertiary/aromatic N) is 1. The van der Waals surface area contributed by atoms with E-state index < -0.39 is 0 Å². The van der Waals surface area contributed by atoms with Crippen LogP contribution in [0.4, 0.5) is 0 Å². The summed E-state index contributed by atoms with van der Waals surface area (Å²) in [6, 6.07) is 4.29. The van der Waals surface area contributed by atoms with Crippen molar-refractivity contribution in [3.05, 3.63) is 22.4 Å². The van der Waals surface area contributed by atoms with E-state index in [1.165, 1.54) is 43.4 Å². The van der Waals surface area contributed by atoms with Crippen LogP contribution in [0.2, 0.25) is 0 Å². The summed E-state index contributed by atoms with van der Waals surface area (Å²) in [7, 11) is 0. The molecule has 5 rings (SSSR count). The fourth-order valence-corrected chi connectivity index (χ4v) is 5.37. The summed E-state index contributed by atoms with van der Waals surface area (Å²) in [6.07, 6.45) is 10.8. The van der Waals surface area contributed by atoms with Gasteiger partial charge in [-0.15, -0.1) is 11.3 Å². The third-order valence-electron chi connectivity index (χ3n) is 5.01. The molecule has 0 aromatic carbocycles. The van der Waals surface area contributed by atoms with Crippen molar-refractivity contribution in [3.8, 4) is 0 Å². The SMILES string of the molecule is C(=NC12CC3CC(CC(C3)C1)C2)c1cccs1. The van der Waals surface area contributed by atoms with Crippen molar-refractivity contribution in [2.75, 3.05) is 0 Å². The molecule has 1 aromatic rings. The van der Waals surface area contributed by atoms with Crippen LogP contribution in [0.5, 0.6) is 0 Å². The van der Waals surface area contributed by atoms with Gasteiger partial charge in [0.15, 0.2) is 0 Å². The molecule has 0 spiro atoms. The molecule has 0 aliphatic heterocycles. The molecule has 0 unspecified atom stereocenters. The zero-order valence-corrected chi connectivity index (χ0v) is 11.0. The zero-order chi connectivity index (χ0) is 11.3. The van der Waals surface area contributed by atoms with Crippen molar-refractivity contribution in [3.63, 3.8) is 0 Å². The van der Waals surface area contributed by atoms with E-state index in [2.05, 4.69) is 23.7 Å². The Hall–Kier alpha value is -0.630. The molecular formula is C15H19NS. The molecule has 4 aliphatic rings. The summed E-state index contributed by atoms with van der Waals surface area (Å²) < 4.78 is 0. The molecule has 4 bridgehead atoms. The summed E-state index contributed by atoms with van der Waals surface area (Å²) in [6.45, 7) is 0. The van der Waals surface area contributed by atoms with Crippen LogP contribution in [0.3, 0.4) is 0 Å². The van der Waals surface area contributed by atoms with Gasteiger partial charge in [-0.1, -0.05) is 6.07 Å². The predicted octanol–water partition coefficient (Wildman–Crippen LogP) is 4.14. The van der Waals surface area contributed by atoms with Crippen molar-refractivity contribution in [2.24, 2.45) is 22.7 Å². The molecule has 4 fully saturated rings. The molecular weight excluding hydrogens is 226 g/mol. The highest BCUT2D eigenvalue weighted by atomic mass is 32.1. The summed E-state index contributed by atoms with van der Waals surface area (Å²) >= 11 is 1.80. The normalized spacial score (nSPS) is 43.6. The lowest BCUT2D eigenvalue weighted by molar-refractivity contribution is 0.00195. The van der Waals surface area contributed by atoms with Gasteiger partial charge < -0.3 is 0 Å². The summed E-state index contributed by atoms with van der Waals surface area (Å²) in [4.78, 5) is 6.36. The minimum absolute atomic E-state index is 0.346. The summed E-state index contributed by atoms with van der Waals surface area (Å²) in [5, 5.41) is 2.14. The van der Waals surface area contributed by atoms with E-state index in [0.717, 1.165) is 17.8 Å². The Morgan fingerprint density at radius 3 is 2.29 bits per heavy atom. The fourth-order valence-electron chi connectivity index (χ4n) is 4.79. The topological polar surface area (TPSA) is 12.4 Å².